The summed E-state index contributed by atoms with van der Waals surface area (Å²) < 4.78 is 0.535. The third-order valence-electron chi connectivity index (χ3n) is 3.38. The summed E-state index contributed by atoms with van der Waals surface area (Å²) in [6.07, 6.45) is 0. The molecule has 0 nitrogen and oxygen atoms in total. The van der Waals surface area contributed by atoms with E-state index >= 15 is 0 Å². The maximum absolute atomic E-state index is 4.29. The topological polar surface area (TPSA) is 0 Å². The van der Waals surface area contributed by atoms with Crippen molar-refractivity contribution in [2.24, 2.45) is 0 Å². The molecule has 0 unspecified atom stereocenters. The summed E-state index contributed by atoms with van der Waals surface area (Å²) in [4.78, 5) is 0. The third-order valence-corrected chi connectivity index (χ3v) is 30.4. The molecule has 0 heterocycles. The molecule has 0 aliphatic carbocycles. The van der Waals surface area contributed by atoms with E-state index < -0.39 is 24.2 Å². The molecular weight excluding hydrogens is 232 g/mol. The number of rotatable bonds is 3. The molecule has 0 amide bonds. The minimum atomic E-state index is -1.14. The molecule has 14 heavy (non-hydrogen) atoms. The average Bonchev–Trinajstić information content (AvgIpc) is 1.77. The quantitative estimate of drug-likeness (QED) is 0.674. The van der Waals surface area contributed by atoms with Gasteiger partial charge in [-0.1, -0.05) is 58.9 Å². The van der Waals surface area contributed by atoms with Crippen LogP contribution in [0.1, 0.15) is 0 Å². The summed E-state index contributed by atoms with van der Waals surface area (Å²) in [6.45, 7) is 22.7. The zero-order valence-electron chi connectivity index (χ0n) is 11.5. The third kappa shape index (κ3) is 2.33. The van der Waals surface area contributed by atoms with Gasteiger partial charge in [-0.3, -0.25) is 0 Å². The molecule has 0 rings (SSSR count). The summed E-state index contributed by atoms with van der Waals surface area (Å²) in [5.41, 5.74) is 0. The average molecular weight is 260 g/mol. The van der Waals surface area contributed by atoms with Crippen LogP contribution in [0.25, 0.3) is 0 Å². The smallest absolute Gasteiger partial charge is 0.00741 e. The molecule has 2 radical (unpaired) electrons. The van der Waals surface area contributed by atoms with Crippen LogP contribution in [0.5, 0.6) is 0 Å². The van der Waals surface area contributed by atoms with E-state index in [0.29, 0.717) is 3.91 Å². The molecule has 0 aromatic rings. The van der Waals surface area contributed by atoms with Gasteiger partial charge in [0.25, 0.3) is 0 Å². The van der Waals surface area contributed by atoms with Crippen LogP contribution in [-0.4, -0.2) is 34.5 Å². The Labute approximate surface area is 97.3 Å². The molecule has 0 atom stereocenters. The van der Waals surface area contributed by atoms with Gasteiger partial charge in [-0.05, 0) is 0 Å². The highest BCUT2D eigenvalue weighted by molar-refractivity contribution is 7.21. The first kappa shape index (κ1) is 14.9. The van der Waals surface area contributed by atoms with Crippen LogP contribution in [0.4, 0.5) is 0 Å². The molecule has 0 fully saturated rings. The van der Waals surface area contributed by atoms with Crippen LogP contribution < -0.4 is 0 Å². The van der Waals surface area contributed by atoms with Gasteiger partial charge in [0.05, 0.1) is 0 Å². The molecule has 84 valence electrons. The van der Waals surface area contributed by atoms with Gasteiger partial charge in [0.15, 0.2) is 0 Å². The van der Waals surface area contributed by atoms with Gasteiger partial charge in [0.2, 0.25) is 0 Å². The minimum Gasteiger partial charge on any atom is -0.675 e. The second kappa shape index (κ2) is 3.71. The molecule has 0 spiro atoms. The zero-order chi connectivity index (χ0) is 12.0. The van der Waals surface area contributed by atoms with Crippen molar-refractivity contribution in [1.82, 2.24) is 0 Å². The van der Waals surface area contributed by atoms with E-state index in [1.54, 1.807) is 0 Å². The highest BCUT2D eigenvalue weighted by atomic mass is 28.5. The Bertz CT molecular complexity index is 166. The molecule has 0 saturated carbocycles. The van der Waals surface area contributed by atoms with Crippen LogP contribution in [-0.2, 0) is 0 Å². The highest BCUT2D eigenvalue weighted by Gasteiger charge is 2.47. The lowest BCUT2D eigenvalue weighted by atomic mass is 11.6. The Morgan fingerprint density at radius 1 is 0.571 bits per heavy atom. The van der Waals surface area contributed by atoms with Crippen molar-refractivity contribution in [3.05, 3.63) is 0 Å². The van der Waals surface area contributed by atoms with Crippen molar-refractivity contribution in [1.29, 1.82) is 0 Å². The Kier molecular flexibility index (Phi) is 3.94. The largest absolute Gasteiger partial charge is 0.675 e. The van der Waals surface area contributed by atoms with Gasteiger partial charge in [-0.25, -0.2) is 3.91 Å². The summed E-state index contributed by atoms with van der Waals surface area (Å²) >= 11 is 0. The Morgan fingerprint density at radius 3 is 0.714 bits per heavy atom. The second-order valence-electron chi connectivity index (χ2n) is 7.50. The van der Waals surface area contributed by atoms with Crippen LogP contribution in [0.3, 0.4) is 0 Å². The predicted octanol–water partition coefficient (Wildman–Crippen LogP) is 3.95. The van der Waals surface area contributed by atoms with Crippen LogP contribution in [0.15, 0.2) is 0 Å². The molecule has 0 N–H and O–H groups in total. The molecule has 0 saturated heterocycles. The Hall–Kier alpha value is 0.868. The summed E-state index contributed by atoms with van der Waals surface area (Å²) in [6, 6.07) is 0. The van der Waals surface area contributed by atoms with Gasteiger partial charge in [0.1, 0.15) is 0 Å². The van der Waals surface area contributed by atoms with E-state index in [4.69, 9.17) is 0 Å². The van der Waals surface area contributed by atoms with E-state index in [0.717, 1.165) is 0 Å². The maximum atomic E-state index is 4.29. The van der Waals surface area contributed by atoms with Crippen molar-refractivity contribution >= 4 is 34.5 Å². The lowest BCUT2D eigenvalue weighted by molar-refractivity contribution is 1.25. The van der Waals surface area contributed by atoms with E-state index in [2.05, 4.69) is 69.2 Å². The first-order valence-electron chi connectivity index (χ1n) is 5.50. The Balaban J connectivity index is 5.54. The van der Waals surface area contributed by atoms with Crippen molar-refractivity contribution in [2.45, 2.75) is 62.8 Å². The molecular formula is C10H27Si4-. The zero-order valence-corrected chi connectivity index (χ0v) is 15.5. The van der Waals surface area contributed by atoms with Gasteiger partial charge in [0, 0.05) is 24.2 Å². The summed E-state index contributed by atoms with van der Waals surface area (Å²) in [5.74, 6) is 0. The van der Waals surface area contributed by atoms with Gasteiger partial charge in [-0.15, -0.1) is 0 Å². The molecule has 0 aromatic carbocycles. The van der Waals surface area contributed by atoms with Gasteiger partial charge in [-0.2, -0.15) is 0 Å². The maximum Gasteiger partial charge on any atom is 0.00741 e. The summed E-state index contributed by atoms with van der Waals surface area (Å²) in [5, 5.41) is 0. The minimum absolute atomic E-state index is 0.535. The molecule has 4 heteroatoms. The molecule has 0 aliphatic heterocycles. The van der Waals surface area contributed by atoms with E-state index in [1.807, 2.05) is 0 Å². The fourth-order valence-corrected chi connectivity index (χ4v) is 30.4. The van der Waals surface area contributed by atoms with E-state index in [-0.39, 0.29) is 0 Å². The predicted molar refractivity (Wildman–Crippen MR) is 78.5 cm³/mol. The lowest BCUT2D eigenvalue weighted by Gasteiger charge is -2.68. The highest BCUT2D eigenvalue weighted by Crippen LogP contribution is 2.50. The number of hydrogen-bond donors (Lipinski definition) is 0. The molecule has 0 bridgehead atoms. The van der Waals surface area contributed by atoms with Crippen molar-refractivity contribution in [3.8, 4) is 0 Å². The van der Waals surface area contributed by atoms with Crippen LogP contribution in [0, 0.1) is 0 Å². The van der Waals surface area contributed by atoms with Gasteiger partial charge < -0.3 is 10.2 Å². The van der Waals surface area contributed by atoms with Crippen LogP contribution >= 0.6 is 0 Å². The lowest BCUT2D eigenvalue weighted by Crippen LogP contribution is -2.66. The normalized spacial score (nSPS) is 15.9. The van der Waals surface area contributed by atoms with Crippen LogP contribution in [0.2, 0.25) is 62.8 Å². The monoisotopic (exact) mass is 259 g/mol. The first-order valence-corrected chi connectivity index (χ1v) is 16.5. The van der Waals surface area contributed by atoms with E-state index in [1.165, 1.54) is 0 Å². The number of hydrogen-bond acceptors (Lipinski definition) is 0. The van der Waals surface area contributed by atoms with E-state index in [9.17, 15) is 0 Å². The summed E-state index contributed by atoms with van der Waals surface area (Å²) in [7, 11) is 0.858. The SMILES string of the molecule is C[Si](C)(C)C([Si-])([Si](C)(C)C)[Si](C)(C)C. The standard InChI is InChI=1S/C10H27Si4/c1-12(2,3)10(11,13(4,5)6)14(7,8)9/h1-9H3/q-1. The molecule has 0 aliphatic rings. The first-order chi connectivity index (χ1) is 5.75. The molecule has 0 aromatic heterocycles. The van der Waals surface area contributed by atoms with Crippen molar-refractivity contribution < 1.29 is 0 Å². The fraction of sp³-hybridized carbons (Fsp3) is 1.00. The van der Waals surface area contributed by atoms with Crippen molar-refractivity contribution in [2.75, 3.05) is 0 Å². The Morgan fingerprint density at radius 2 is 0.714 bits per heavy atom. The second-order valence-corrected chi connectivity index (χ2v) is 27.0. The van der Waals surface area contributed by atoms with Crippen molar-refractivity contribution in [3.63, 3.8) is 0 Å². The fourth-order valence-electron chi connectivity index (χ4n) is 3.38. The van der Waals surface area contributed by atoms with Gasteiger partial charge >= 0.3 is 0 Å².